The predicted molar refractivity (Wildman–Crippen MR) is 77.6 cm³/mol. The molecule has 0 atom stereocenters. The minimum atomic E-state index is -2.34. The fourth-order valence-corrected chi connectivity index (χ4v) is 1.68. The lowest BCUT2D eigenvalue weighted by atomic mass is 10.1. The Kier molecular flexibility index (Phi) is 7.30. The van der Waals surface area contributed by atoms with Crippen molar-refractivity contribution in [2.45, 2.75) is 45.8 Å². The summed E-state index contributed by atoms with van der Waals surface area (Å²) in [4.78, 5) is 11.6. The Morgan fingerprint density at radius 2 is 1.44 bits per heavy atom. The molecular weight excluding hydrogens is 351 g/mol. The summed E-state index contributed by atoms with van der Waals surface area (Å²) in [5.74, 6) is -14.2. The van der Waals surface area contributed by atoms with Crippen molar-refractivity contribution in [1.82, 2.24) is 0 Å². The van der Waals surface area contributed by atoms with Crippen LogP contribution < -0.4 is 4.74 Å². The Morgan fingerprint density at radius 3 is 1.92 bits per heavy atom. The fourth-order valence-electron chi connectivity index (χ4n) is 1.68. The number of ether oxygens (including phenoxy) is 3. The summed E-state index contributed by atoms with van der Waals surface area (Å²) in [5.41, 5.74) is -0.829. The van der Waals surface area contributed by atoms with Crippen LogP contribution in [0.2, 0.25) is 0 Å². The largest absolute Gasteiger partial charge is 0.418 e. The smallest absolute Gasteiger partial charge is 0.337 e. The summed E-state index contributed by atoms with van der Waals surface area (Å²) in [6, 6.07) is 0. The zero-order valence-electron chi connectivity index (χ0n) is 14.2. The molecule has 0 aliphatic carbocycles. The van der Waals surface area contributed by atoms with Gasteiger partial charge in [-0.05, 0) is 34.1 Å². The molecule has 142 valence electrons. The number of rotatable bonds is 8. The maximum Gasteiger partial charge on any atom is 0.337 e. The van der Waals surface area contributed by atoms with Crippen LogP contribution in [0.4, 0.5) is 22.0 Å². The van der Waals surface area contributed by atoms with Gasteiger partial charge in [-0.1, -0.05) is 0 Å². The van der Waals surface area contributed by atoms with E-state index < -0.39 is 53.0 Å². The molecule has 0 aromatic heterocycles. The molecule has 0 spiro atoms. The molecule has 0 N–H and O–H groups in total. The second-order valence-electron chi connectivity index (χ2n) is 6.09. The predicted octanol–water partition coefficient (Wildman–Crippen LogP) is 3.90. The van der Waals surface area contributed by atoms with Gasteiger partial charge >= 0.3 is 5.97 Å². The van der Waals surface area contributed by atoms with Crippen LogP contribution in [0.15, 0.2) is 0 Å². The third-order valence-corrected chi connectivity index (χ3v) is 3.12. The maximum absolute atomic E-state index is 13.4. The summed E-state index contributed by atoms with van der Waals surface area (Å²) >= 11 is 0. The van der Waals surface area contributed by atoms with Crippen molar-refractivity contribution in [3.05, 3.63) is 29.1 Å². The molecule has 0 amide bonds. The number of halogens is 5. The Morgan fingerprint density at radius 1 is 0.960 bits per heavy atom. The highest BCUT2D eigenvalue weighted by Gasteiger charge is 2.29. The van der Waals surface area contributed by atoms with E-state index in [9.17, 15) is 26.7 Å². The average molecular weight is 370 g/mol. The third kappa shape index (κ3) is 5.93. The number of hydrogen-bond donors (Lipinski definition) is 0. The molecule has 0 bridgehead atoms. The van der Waals surface area contributed by atoms with Gasteiger partial charge < -0.3 is 14.2 Å². The molecule has 0 unspecified atom stereocenters. The molecule has 0 aliphatic heterocycles. The minimum absolute atomic E-state index is 0.00925. The topological polar surface area (TPSA) is 44.8 Å². The second kappa shape index (κ2) is 8.57. The molecule has 0 radical (unpaired) electrons. The van der Waals surface area contributed by atoms with Crippen LogP contribution in [0, 0.1) is 29.1 Å². The Labute approximate surface area is 141 Å². The van der Waals surface area contributed by atoms with Crippen molar-refractivity contribution in [1.29, 1.82) is 0 Å². The first-order valence-corrected chi connectivity index (χ1v) is 7.44. The molecule has 0 aliphatic rings. The van der Waals surface area contributed by atoms with Crippen LogP contribution in [0.3, 0.4) is 0 Å². The van der Waals surface area contributed by atoms with Gasteiger partial charge in [0.25, 0.3) is 0 Å². The van der Waals surface area contributed by atoms with Crippen LogP contribution in [-0.2, 0) is 14.3 Å². The number of carbonyl (C=O) groups excluding carboxylic acids is 1. The highest BCUT2D eigenvalue weighted by molar-refractivity contribution is 5.73. The molecule has 1 aromatic rings. The van der Waals surface area contributed by atoms with Crippen molar-refractivity contribution in [2.24, 2.45) is 0 Å². The molecule has 0 fully saturated rings. The number of hydrogen-bond acceptors (Lipinski definition) is 4. The lowest BCUT2D eigenvalue weighted by Gasteiger charge is -2.25. The Bertz CT molecular complexity index is 602. The van der Waals surface area contributed by atoms with E-state index in [1.54, 1.807) is 13.8 Å². The fraction of sp³-hybridized carbons (Fsp3) is 0.562. The average Bonchev–Trinajstić information content (AvgIpc) is 2.53. The van der Waals surface area contributed by atoms with Gasteiger partial charge in [0.2, 0.25) is 34.8 Å². The summed E-state index contributed by atoms with van der Waals surface area (Å²) in [6.07, 6.45) is 0.413. The van der Waals surface area contributed by atoms with Crippen LogP contribution in [0.25, 0.3) is 0 Å². The van der Waals surface area contributed by atoms with E-state index in [1.807, 2.05) is 13.8 Å². The van der Waals surface area contributed by atoms with E-state index in [0.29, 0.717) is 13.0 Å². The van der Waals surface area contributed by atoms with Gasteiger partial charge in [-0.25, -0.2) is 18.0 Å². The van der Waals surface area contributed by atoms with E-state index in [1.165, 1.54) is 0 Å². The van der Waals surface area contributed by atoms with Gasteiger partial charge in [-0.2, -0.15) is 8.78 Å². The second-order valence-corrected chi connectivity index (χ2v) is 6.09. The first kappa shape index (κ1) is 21.3. The highest BCUT2D eigenvalue weighted by atomic mass is 19.2. The van der Waals surface area contributed by atoms with Crippen LogP contribution in [0.5, 0.6) is 5.75 Å². The summed E-state index contributed by atoms with van der Waals surface area (Å²) in [6.45, 7) is 6.57. The van der Waals surface area contributed by atoms with Crippen molar-refractivity contribution >= 4 is 5.97 Å². The maximum atomic E-state index is 13.4. The molecule has 9 heteroatoms. The van der Waals surface area contributed by atoms with Gasteiger partial charge in [0.05, 0.1) is 11.7 Å². The molecule has 0 saturated heterocycles. The summed E-state index contributed by atoms with van der Waals surface area (Å²) in [5, 5.41) is 0. The Balaban J connectivity index is 2.69. The van der Waals surface area contributed by atoms with Gasteiger partial charge in [0.1, 0.15) is 6.61 Å². The first-order valence-electron chi connectivity index (χ1n) is 7.44. The van der Waals surface area contributed by atoms with Crippen molar-refractivity contribution < 1.29 is 41.0 Å². The highest BCUT2D eigenvalue weighted by Crippen LogP contribution is 2.29. The number of benzene rings is 1. The van der Waals surface area contributed by atoms with E-state index in [2.05, 4.69) is 4.74 Å². The molecule has 4 nitrogen and oxygen atoms in total. The monoisotopic (exact) mass is 370 g/mol. The zero-order valence-corrected chi connectivity index (χ0v) is 14.2. The molecular formula is C16H19F5O4. The summed E-state index contributed by atoms with van der Waals surface area (Å²) in [7, 11) is 0. The zero-order chi connectivity index (χ0) is 19.4. The van der Waals surface area contributed by atoms with Crippen LogP contribution in [-0.4, -0.2) is 30.9 Å². The van der Waals surface area contributed by atoms with Gasteiger partial charge in [0.15, 0.2) is 0 Å². The molecule has 1 rings (SSSR count). The van der Waals surface area contributed by atoms with E-state index in [-0.39, 0.29) is 6.10 Å². The standard InChI is InChI=1S/C16H19F5O4/c1-8(2)23-6-5-16(3,4)24-7-9(22)25-15-13(20)11(18)10(17)12(19)14(15)21/h8H,5-7H2,1-4H3. The van der Waals surface area contributed by atoms with Crippen molar-refractivity contribution in [2.75, 3.05) is 13.2 Å². The normalized spacial score (nSPS) is 11.9. The lowest BCUT2D eigenvalue weighted by Crippen LogP contribution is -2.31. The van der Waals surface area contributed by atoms with Gasteiger partial charge in [-0.3, -0.25) is 0 Å². The van der Waals surface area contributed by atoms with E-state index in [0.717, 1.165) is 0 Å². The third-order valence-electron chi connectivity index (χ3n) is 3.12. The van der Waals surface area contributed by atoms with E-state index in [4.69, 9.17) is 9.47 Å². The lowest BCUT2D eigenvalue weighted by molar-refractivity contribution is -0.147. The van der Waals surface area contributed by atoms with Crippen molar-refractivity contribution in [3.63, 3.8) is 0 Å². The molecule has 1 aromatic carbocycles. The SMILES string of the molecule is CC(C)OCCC(C)(C)OCC(=O)Oc1c(F)c(F)c(F)c(F)c1F. The van der Waals surface area contributed by atoms with Crippen molar-refractivity contribution in [3.8, 4) is 5.75 Å². The van der Waals surface area contributed by atoms with E-state index >= 15 is 0 Å². The number of esters is 1. The summed E-state index contributed by atoms with van der Waals surface area (Å²) < 4.78 is 80.7. The minimum Gasteiger partial charge on any atom is -0.418 e. The Hall–Kier alpha value is -1.74. The molecule has 0 saturated carbocycles. The molecule has 0 heterocycles. The van der Waals surface area contributed by atoms with Crippen LogP contribution >= 0.6 is 0 Å². The first-order chi connectivity index (χ1) is 11.5. The van der Waals surface area contributed by atoms with Gasteiger partial charge in [-0.15, -0.1) is 0 Å². The van der Waals surface area contributed by atoms with Crippen LogP contribution in [0.1, 0.15) is 34.1 Å². The van der Waals surface area contributed by atoms with Gasteiger partial charge in [0, 0.05) is 6.61 Å². The number of carbonyl (C=O) groups is 1. The molecule has 25 heavy (non-hydrogen) atoms. The quantitative estimate of drug-likeness (QED) is 0.229.